The monoisotopic (exact) mass is 448 g/mol. The van der Waals surface area contributed by atoms with Gasteiger partial charge in [0.25, 0.3) is 0 Å². The maximum absolute atomic E-state index is 13.2. The van der Waals surface area contributed by atoms with E-state index in [1.807, 2.05) is 42.5 Å². The molecule has 3 heterocycles. The van der Waals surface area contributed by atoms with Crippen LogP contribution in [-0.2, 0) is 27.4 Å². The van der Waals surface area contributed by atoms with Crippen molar-refractivity contribution >= 4 is 23.3 Å². The molecule has 0 aliphatic carbocycles. The van der Waals surface area contributed by atoms with E-state index in [1.165, 1.54) is 17.7 Å². The molecule has 6 nitrogen and oxygen atoms in total. The summed E-state index contributed by atoms with van der Waals surface area (Å²) in [4.78, 5) is 35.4. The molecule has 1 saturated heterocycles. The fourth-order valence-electron chi connectivity index (χ4n) is 4.48. The van der Waals surface area contributed by atoms with Gasteiger partial charge in [0.1, 0.15) is 12.6 Å². The van der Waals surface area contributed by atoms with Crippen LogP contribution in [0, 0.1) is 0 Å². The van der Waals surface area contributed by atoms with E-state index in [0.29, 0.717) is 6.54 Å². The van der Waals surface area contributed by atoms with Crippen LogP contribution in [0.15, 0.2) is 60.7 Å². The molecular weight excluding hydrogens is 424 g/mol. The third-order valence-corrected chi connectivity index (χ3v) is 7.33. The zero-order valence-electron chi connectivity index (χ0n) is 18.0. The Bertz CT molecular complexity index is 1160. The van der Waals surface area contributed by atoms with Crippen LogP contribution < -0.4 is 0 Å². The largest absolute Gasteiger partial charge is 0.467 e. The zero-order chi connectivity index (χ0) is 22.2. The molecule has 7 heteroatoms. The Balaban J connectivity index is 1.54. The van der Waals surface area contributed by atoms with Gasteiger partial charge in [0.05, 0.1) is 13.7 Å². The summed E-state index contributed by atoms with van der Waals surface area (Å²) in [5.41, 5.74) is 4.34. The van der Waals surface area contributed by atoms with Gasteiger partial charge in [-0.2, -0.15) is 5.06 Å². The normalized spacial score (nSPS) is 19.2. The standard InChI is InChI=1S/C25H24N2O4S/c1-3-17-11-7-8-12-18(17)21-13-19-20-14-26(22(23(19)32-21)24(28)30-2)25(29)27(20)31-15-16-9-5-4-6-10-16/h4-13,20,22H,3,14-15H2,1-2H3/t20-,22?/m1/s1. The van der Waals surface area contributed by atoms with E-state index in [9.17, 15) is 9.59 Å². The number of ether oxygens (including phenoxy) is 1. The van der Waals surface area contributed by atoms with E-state index in [2.05, 4.69) is 25.1 Å². The molecule has 1 fully saturated rings. The number of methoxy groups -OCH3 is 1. The topological polar surface area (TPSA) is 59.1 Å². The minimum Gasteiger partial charge on any atom is -0.467 e. The first-order valence-electron chi connectivity index (χ1n) is 10.7. The SMILES string of the molecule is CCc1ccccc1-c1cc2c(s1)C(C(=O)OC)N1C[C@H]2N(OCc2ccccc2)C1=O. The highest BCUT2D eigenvalue weighted by Gasteiger charge is 2.52. The highest BCUT2D eigenvalue weighted by molar-refractivity contribution is 7.16. The molecule has 3 aromatic rings. The summed E-state index contributed by atoms with van der Waals surface area (Å²) in [6.07, 6.45) is 0.916. The Morgan fingerprint density at radius 2 is 1.88 bits per heavy atom. The van der Waals surface area contributed by atoms with Crippen molar-refractivity contribution in [2.75, 3.05) is 13.7 Å². The number of thiophene rings is 1. The predicted octanol–water partition coefficient (Wildman–Crippen LogP) is 5.12. The summed E-state index contributed by atoms with van der Waals surface area (Å²) >= 11 is 1.56. The minimum atomic E-state index is -0.753. The Labute approximate surface area is 190 Å². The number of benzene rings is 2. The second-order valence-corrected chi connectivity index (χ2v) is 8.99. The molecule has 164 valence electrons. The second kappa shape index (κ2) is 8.41. The van der Waals surface area contributed by atoms with Gasteiger partial charge >= 0.3 is 12.0 Å². The van der Waals surface area contributed by atoms with Crippen molar-refractivity contribution < 1.29 is 19.2 Å². The van der Waals surface area contributed by atoms with Crippen LogP contribution in [0.25, 0.3) is 10.4 Å². The highest BCUT2D eigenvalue weighted by atomic mass is 32.1. The van der Waals surface area contributed by atoms with Crippen LogP contribution in [0.5, 0.6) is 0 Å². The van der Waals surface area contributed by atoms with Crippen molar-refractivity contribution in [3.63, 3.8) is 0 Å². The van der Waals surface area contributed by atoms with Crippen molar-refractivity contribution in [3.8, 4) is 10.4 Å². The summed E-state index contributed by atoms with van der Waals surface area (Å²) in [6.45, 7) is 2.81. The van der Waals surface area contributed by atoms with Crippen LogP contribution >= 0.6 is 11.3 Å². The fraction of sp³-hybridized carbons (Fsp3) is 0.280. The lowest BCUT2D eigenvalue weighted by molar-refractivity contribution is -0.146. The van der Waals surface area contributed by atoms with E-state index in [-0.39, 0.29) is 18.7 Å². The average Bonchev–Trinajstić information content (AvgIpc) is 3.39. The van der Waals surface area contributed by atoms with Crippen molar-refractivity contribution in [1.29, 1.82) is 0 Å². The van der Waals surface area contributed by atoms with Crippen molar-refractivity contribution in [2.24, 2.45) is 0 Å². The van der Waals surface area contributed by atoms with Crippen LogP contribution in [-0.4, -0.2) is 35.6 Å². The van der Waals surface area contributed by atoms with Gasteiger partial charge in [0, 0.05) is 9.75 Å². The molecule has 2 aliphatic rings. The first-order valence-corrected chi connectivity index (χ1v) is 11.5. The highest BCUT2D eigenvalue weighted by Crippen LogP contribution is 2.50. The number of carbonyl (C=O) groups excluding carboxylic acids is 2. The first kappa shape index (κ1) is 20.7. The molecule has 5 rings (SSSR count). The fourth-order valence-corrected chi connectivity index (χ4v) is 5.86. The number of carbonyl (C=O) groups is 2. The molecule has 2 aliphatic heterocycles. The molecule has 0 radical (unpaired) electrons. The summed E-state index contributed by atoms with van der Waals surface area (Å²) in [6, 6.07) is 18.8. The van der Waals surface area contributed by atoms with E-state index in [0.717, 1.165) is 32.9 Å². The van der Waals surface area contributed by atoms with Gasteiger partial charge in [-0.15, -0.1) is 11.3 Å². The van der Waals surface area contributed by atoms with Crippen LogP contribution in [0.2, 0.25) is 0 Å². The van der Waals surface area contributed by atoms with Crippen molar-refractivity contribution in [2.45, 2.75) is 32.0 Å². The third-order valence-electron chi connectivity index (χ3n) is 6.10. The molecular formula is C25H24N2O4S. The molecule has 32 heavy (non-hydrogen) atoms. The maximum atomic E-state index is 13.2. The van der Waals surface area contributed by atoms with Gasteiger partial charge in [-0.3, -0.25) is 4.84 Å². The van der Waals surface area contributed by atoms with Crippen LogP contribution in [0.4, 0.5) is 4.79 Å². The molecule has 0 saturated carbocycles. The number of amides is 2. The molecule has 0 spiro atoms. The Kier molecular flexibility index (Phi) is 5.45. The van der Waals surface area contributed by atoms with Gasteiger partial charge in [-0.25, -0.2) is 9.59 Å². The average molecular weight is 449 g/mol. The molecule has 2 bridgehead atoms. The summed E-state index contributed by atoms with van der Waals surface area (Å²) in [5, 5.41) is 1.43. The number of urea groups is 1. The van der Waals surface area contributed by atoms with E-state index >= 15 is 0 Å². The van der Waals surface area contributed by atoms with E-state index < -0.39 is 12.0 Å². The Morgan fingerprint density at radius 3 is 2.62 bits per heavy atom. The molecule has 1 aromatic heterocycles. The zero-order valence-corrected chi connectivity index (χ0v) is 18.8. The smallest absolute Gasteiger partial charge is 0.345 e. The molecule has 2 aromatic carbocycles. The lowest BCUT2D eigenvalue weighted by atomic mass is 9.97. The summed E-state index contributed by atoms with van der Waals surface area (Å²) < 4.78 is 5.08. The van der Waals surface area contributed by atoms with Gasteiger partial charge in [0.2, 0.25) is 0 Å². The number of hydroxylamine groups is 2. The molecule has 2 atom stereocenters. The number of rotatable bonds is 6. The lowest BCUT2D eigenvalue weighted by Crippen LogP contribution is -2.38. The molecule has 1 unspecified atom stereocenters. The third kappa shape index (κ3) is 3.38. The number of hydrogen-bond donors (Lipinski definition) is 0. The minimum absolute atomic E-state index is 0.263. The van der Waals surface area contributed by atoms with E-state index in [1.54, 1.807) is 16.2 Å². The van der Waals surface area contributed by atoms with Gasteiger partial charge in [0.15, 0.2) is 6.04 Å². The number of hydrogen-bond acceptors (Lipinski definition) is 5. The summed E-state index contributed by atoms with van der Waals surface area (Å²) in [7, 11) is 1.36. The van der Waals surface area contributed by atoms with Crippen molar-refractivity contribution in [3.05, 3.63) is 82.2 Å². The van der Waals surface area contributed by atoms with Gasteiger partial charge in [-0.05, 0) is 34.7 Å². The molecule has 2 amide bonds. The Morgan fingerprint density at radius 1 is 1.12 bits per heavy atom. The molecule has 0 N–H and O–H groups in total. The van der Waals surface area contributed by atoms with Gasteiger partial charge < -0.3 is 9.64 Å². The predicted molar refractivity (Wildman–Crippen MR) is 122 cm³/mol. The van der Waals surface area contributed by atoms with Gasteiger partial charge in [-0.1, -0.05) is 61.5 Å². The number of aryl methyl sites for hydroxylation is 1. The van der Waals surface area contributed by atoms with E-state index in [4.69, 9.17) is 9.57 Å². The van der Waals surface area contributed by atoms with Crippen molar-refractivity contribution in [1.82, 2.24) is 9.96 Å². The number of fused-ring (bicyclic) bond motifs is 4. The Hall–Kier alpha value is -3.16. The maximum Gasteiger partial charge on any atom is 0.345 e. The number of nitrogens with zero attached hydrogens (tertiary/aromatic N) is 2. The quantitative estimate of drug-likeness (QED) is 0.492. The lowest BCUT2D eigenvalue weighted by Gasteiger charge is -2.28. The van der Waals surface area contributed by atoms with Crippen LogP contribution in [0.1, 0.15) is 40.6 Å². The number of esters is 1. The first-order chi connectivity index (χ1) is 15.6. The second-order valence-electron chi connectivity index (χ2n) is 7.90. The summed E-state index contributed by atoms with van der Waals surface area (Å²) in [5.74, 6) is -0.430. The van der Waals surface area contributed by atoms with Crippen LogP contribution in [0.3, 0.4) is 0 Å².